The highest BCUT2D eigenvalue weighted by molar-refractivity contribution is 5.80. The van der Waals surface area contributed by atoms with E-state index in [0.717, 1.165) is 6.92 Å². The van der Waals surface area contributed by atoms with E-state index in [1.54, 1.807) is 24.3 Å². The molecule has 0 aromatic heterocycles. The molecule has 0 aliphatic rings. The summed E-state index contributed by atoms with van der Waals surface area (Å²) in [6, 6.07) is 6.81. The minimum atomic E-state index is -2.01. The maximum Gasteiger partial charge on any atom is 0.337 e. The van der Waals surface area contributed by atoms with Gasteiger partial charge in [0.15, 0.2) is 23.7 Å². The molecule has 1 unspecified atom stereocenters. The number of carbonyl (C=O) groups is 2. The first-order chi connectivity index (χ1) is 9.36. The van der Waals surface area contributed by atoms with Crippen molar-refractivity contribution in [2.75, 3.05) is 20.3 Å². The molecule has 0 heterocycles. The molecule has 1 amide bonds. The van der Waals surface area contributed by atoms with Crippen LogP contribution in [0, 0.1) is 0 Å². The van der Waals surface area contributed by atoms with Crippen LogP contribution in [0.3, 0.4) is 0 Å². The molecule has 0 aliphatic carbocycles. The first-order valence-electron chi connectivity index (χ1n) is 5.85. The largest absolute Gasteiger partial charge is 0.493 e. The second kappa shape index (κ2) is 6.76. The van der Waals surface area contributed by atoms with Gasteiger partial charge in [0.2, 0.25) is 0 Å². The number of carboxylic acid groups (broad SMARTS) is 1. The van der Waals surface area contributed by atoms with E-state index >= 15 is 0 Å². The lowest BCUT2D eigenvalue weighted by atomic mass is 10.1. The zero-order valence-electron chi connectivity index (χ0n) is 11.3. The summed E-state index contributed by atoms with van der Waals surface area (Å²) in [7, 11) is 1.48. The van der Waals surface area contributed by atoms with Gasteiger partial charge in [-0.3, -0.25) is 4.79 Å². The van der Waals surface area contributed by atoms with Gasteiger partial charge in [-0.1, -0.05) is 12.1 Å². The number of ether oxygens (including phenoxy) is 2. The molecular weight excluding hydrogens is 266 g/mol. The van der Waals surface area contributed by atoms with Crippen molar-refractivity contribution >= 4 is 11.9 Å². The van der Waals surface area contributed by atoms with Crippen molar-refractivity contribution in [1.82, 2.24) is 5.32 Å². The summed E-state index contributed by atoms with van der Waals surface area (Å²) in [5, 5.41) is 20.4. The third kappa shape index (κ3) is 4.43. The number of hydrogen-bond acceptors (Lipinski definition) is 5. The number of nitrogens with one attached hydrogen (secondary N) is 1. The molecule has 0 radical (unpaired) electrons. The SMILES string of the molecule is COc1ccccc1OCC(=O)NCC(C)(O)C(=O)O. The summed E-state index contributed by atoms with van der Waals surface area (Å²) in [5.74, 6) is -1.08. The van der Waals surface area contributed by atoms with Gasteiger partial charge in [-0.25, -0.2) is 4.79 Å². The Kier molecular flexibility index (Phi) is 5.33. The Balaban J connectivity index is 2.46. The summed E-state index contributed by atoms with van der Waals surface area (Å²) in [6.45, 7) is 0.378. The normalized spacial score (nSPS) is 13.2. The van der Waals surface area contributed by atoms with Crippen molar-refractivity contribution in [3.8, 4) is 11.5 Å². The Morgan fingerprint density at radius 1 is 1.30 bits per heavy atom. The topological polar surface area (TPSA) is 105 Å². The van der Waals surface area contributed by atoms with Crippen LogP contribution in [0.25, 0.3) is 0 Å². The van der Waals surface area contributed by atoms with Gasteiger partial charge in [-0.2, -0.15) is 0 Å². The number of methoxy groups -OCH3 is 1. The third-order valence-corrected chi connectivity index (χ3v) is 2.52. The van der Waals surface area contributed by atoms with Crippen molar-refractivity contribution in [3.63, 3.8) is 0 Å². The van der Waals surface area contributed by atoms with Crippen LogP contribution >= 0.6 is 0 Å². The van der Waals surface area contributed by atoms with Crippen LogP contribution < -0.4 is 14.8 Å². The second-order valence-electron chi connectivity index (χ2n) is 4.30. The molecule has 0 aliphatic heterocycles. The lowest BCUT2D eigenvalue weighted by molar-refractivity contribution is -0.156. The lowest BCUT2D eigenvalue weighted by Crippen LogP contribution is -2.47. The maximum atomic E-state index is 11.5. The number of aliphatic hydroxyl groups is 1. The number of amides is 1. The van der Waals surface area contributed by atoms with Crippen LogP contribution in [-0.4, -0.2) is 48.0 Å². The number of aliphatic carboxylic acids is 1. The van der Waals surface area contributed by atoms with Crippen LogP contribution in [0.1, 0.15) is 6.92 Å². The number of benzene rings is 1. The zero-order chi connectivity index (χ0) is 15.2. The molecule has 1 aromatic rings. The fourth-order valence-electron chi connectivity index (χ4n) is 1.28. The summed E-state index contributed by atoms with van der Waals surface area (Å²) in [5.41, 5.74) is -2.01. The van der Waals surface area contributed by atoms with Gasteiger partial charge in [0.1, 0.15) is 0 Å². The van der Waals surface area contributed by atoms with E-state index in [0.29, 0.717) is 11.5 Å². The van der Waals surface area contributed by atoms with E-state index in [2.05, 4.69) is 5.32 Å². The van der Waals surface area contributed by atoms with Crippen molar-refractivity contribution in [1.29, 1.82) is 0 Å². The molecule has 7 nitrogen and oxygen atoms in total. The van der Waals surface area contributed by atoms with Crippen LogP contribution in [0.4, 0.5) is 0 Å². The van der Waals surface area contributed by atoms with Gasteiger partial charge in [0.25, 0.3) is 5.91 Å². The predicted molar refractivity (Wildman–Crippen MR) is 69.8 cm³/mol. The monoisotopic (exact) mass is 283 g/mol. The number of hydrogen-bond donors (Lipinski definition) is 3. The highest BCUT2D eigenvalue weighted by Crippen LogP contribution is 2.25. The molecular formula is C13H17NO6. The average molecular weight is 283 g/mol. The predicted octanol–water partition coefficient (Wildman–Crippen LogP) is 0.0258. The van der Waals surface area contributed by atoms with Crippen molar-refractivity contribution < 1.29 is 29.3 Å². The number of carboxylic acids is 1. The van der Waals surface area contributed by atoms with Crippen LogP contribution in [-0.2, 0) is 9.59 Å². The highest BCUT2D eigenvalue weighted by Gasteiger charge is 2.30. The summed E-state index contributed by atoms with van der Waals surface area (Å²) in [6.07, 6.45) is 0. The average Bonchev–Trinajstić information content (AvgIpc) is 2.43. The number of para-hydroxylation sites is 2. The Hall–Kier alpha value is -2.28. The van der Waals surface area contributed by atoms with Gasteiger partial charge in [0, 0.05) is 0 Å². The minimum Gasteiger partial charge on any atom is -0.493 e. The minimum absolute atomic E-state index is 0.309. The van der Waals surface area contributed by atoms with Crippen LogP contribution in [0.15, 0.2) is 24.3 Å². The van der Waals surface area contributed by atoms with E-state index in [9.17, 15) is 14.7 Å². The molecule has 0 bridgehead atoms. The van der Waals surface area contributed by atoms with Crippen molar-refractivity contribution in [3.05, 3.63) is 24.3 Å². The fourth-order valence-corrected chi connectivity index (χ4v) is 1.28. The van der Waals surface area contributed by atoms with Crippen molar-refractivity contribution in [2.24, 2.45) is 0 Å². The van der Waals surface area contributed by atoms with E-state index in [-0.39, 0.29) is 6.61 Å². The van der Waals surface area contributed by atoms with Gasteiger partial charge in [-0.15, -0.1) is 0 Å². The molecule has 1 aromatic carbocycles. The van der Waals surface area contributed by atoms with Crippen molar-refractivity contribution in [2.45, 2.75) is 12.5 Å². The zero-order valence-corrected chi connectivity index (χ0v) is 11.3. The van der Waals surface area contributed by atoms with Gasteiger partial charge in [-0.05, 0) is 19.1 Å². The molecule has 7 heteroatoms. The summed E-state index contributed by atoms with van der Waals surface area (Å²) in [4.78, 5) is 22.2. The Morgan fingerprint density at radius 3 is 2.45 bits per heavy atom. The van der Waals surface area contributed by atoms with Gasteiger partial charge < -0.3 is 25.0 Å². The van der Waals surface area contributed by atoms with E-state index in [1.165, 1.54) is 7.11 Å². The first kappa shape index (κ1) is 15.8. The third-order valence-electron chi connectivity index (χ3n) is 2.52. The number of carbonyl (C=O) groups excluding carboxylic acids is 1. The Labute approximate surface area is 116 Å². The standard InChI is InChI=1S/C13H17NO6/c1-13(18,12(16)17)8-14-11(15)7-20-10-6-4-3-5-9(10)19-2/h3-6,18H,7-8H2,1-2H3,(H,14,15)(H,16,17). The summed E-state index contributed by atoms with van der Waals surface area (Å²) >= 11 is 0. The molecule has 1 atom stereocenters. The molecule has 3 N–H and O–H groups in total. The highest BCUT2D eigenvalue weighted by atomic mass is 16.5. The summed E-state index contributed by atoms with van der Waals surface area (Å²) < 4.78 is 10.3. The molecule has 0 saturated heterocycles. The van der Waals surface area contributed by atoms with E-state index < -0.39 is 24.0 Å². The smallest absolute Gasteiger partial charge is 0.337 e. The van der Waals surface area contributed by atoms with E-state index in [4.69, 9.17) is 14.6 Å². The van der Waals surface area contributed by atoms with Gasteiger partial charge in [0.05, 0.1) is 13.7 Å². The molecule has 0 saturated carbocycles. The Bertz CT molecular complexity index is 486. The van der Waals surface area contributed by atoms with Crippen LogP contribution in [0.2, 0.25) is 0 Å². The van der Waals surface area contributed by atoms with Gasteiger partial charge >= 0.3 is 5.97 Å². The second-order valence-corrected chi connectivity index (χ2v) is 4.30. The first-order valence-corrected chi connectivity index (χ1v) is 5.85. The Morgan fingerprint density at radius 2 is 1.90 bits per heavy atom. The van der Waals surface area contributed by atoms with Crippen LogP contribution in [0.5, 0.6) is 11.5 Å². The molecule has 0 spiro atoms. The molecule has 20 heavy (non-hydrogen) atoms. The molecule has 110 valence electrons. The quantitative estimate of drug-likeness (QED) is 0.652. The maximum absolute atomic E-state index is 11.5. The number of rotatable bonds is 7. The molecule has 1 rings (SSSR count). The van der Waals surface area contributed by atoms with E-state index in [1.807, 2.05) is 0 Å². The fraction of sp³-hybridized carbons (Fsp3) is 0.385. The lowest BCUT2D eigenvalue weighted by Gasteiger charge is -2.18. The molecule has 0 fully saturated rings.